The molecule has 0 fully saturated rings. The molecule has 128 valence electrons. The van der Waals surface area contributed by atoms with E-state index < -0.39 is 16.9 Å². The summed E-state index contributed by atoms with van der Waals surface area (Å²) in [7, 11) is 2.21. The highest BCUT2D eigenvalue weighted by atomic mass is 28.4. The number of hydrogen-bond acceptors (Lipinski definition) is 4. The Morgan fingerprint density at radius 1 is 0.667 bits per heavy atom. The first kappa shape index (κ1) is 21.3. The van der Waals surface area contributed by atoms with Gasteiger partial charge in [-0.1, -0.05) is 19.3 Å². The van der Waals surface area contributed by atoms with Gasteiger partial charge in [0.1, 0.15) is 0 Å². The van der Waals surface area contributed by atoms with E-state index in [1.807, 2.05) is 7.11 Å². The Bertz CT molecular complexity index is 249. The predicted octanol–water partition coefficient (Wildman–Crippen LogP) is 3.74. The quantitative estimate of drug-likeness (QED) is 0.388. The number of nitrogens with one attached hydrogen (secondary N) is 1. The first-order valence-corrected chi connectivity index (χ1v) is 13.9. The van der Waals surface area contributed by atoms with Crippen LogP contribution in [-0.4, -0.2) is 51.3 Å². The second-order valence-corrected chi connectivity index (χ2v) is 14.5. The normalized spacial score (nSPS) is 12.9. The molecule has 0 unspecified atom stereocenters. The molecule has 0 aromatic rings. The summed E-state index contributed by atoms with van der Waals surface area (Å²) < 4.78 is 16.5. The van der Waals surface area contributed by atoms with E-state index in [2.05, 4.69) is 25.0 Å². The van der Waals surface area contributed by atoms with Gasteiger partial charge in [-0.05, 0) is 57.7 Å². The maximum absolute atomic E-state index is 5.55. The van der Waals surface area contributed by atoms with E-state index >= 15 is 0 Å². The molecule has 0 atom stereocenters. The van der Waals surface area contributed by atoms with E-state index in [1.165, 1.54) is 38.1 Å². The average Bonchev–Trinajstić information content (AvgIpc) is 2.48. The molecule has 0 aliphatic heterocycles. The topological polar surface area (TPSA) is 39.7 Å². The highest BCUT2D eigenvalue weighted by Crippen LogP contribution is 2.16. The maximum atomic E-state index is 5.55. The van der Waals surface area contributed by atoms with Crippen molar-refractivity contribution in [2.24, 2.45) is 0 Å². The van der Waals surface area contributed by atoms with Gasteiger partial charge in [-0.2, -0.15) is 0 Å². The van der Waals surface area contributed by atoms with E-state index in [-0.39, 0.29) is 0 Å². The van der Waals surface area contributed by atoms with Gasteiger partial charge in [-0.25, -0.2) is 0 Å². The van der Waals surface area contributed by atoms with Crippen LogP contribution in [0.25, 0.3) is 0 Å². The van der Waals surface area contributed by atoms with Crippen LogP contribution >= 0.6 is 0 Å². The first-order valence-electron chi connectivity index (χ1n) is 8.25. The maximum Gasteiger partial charge on any atom is 0.334 e. The summed E-state index contributed by atoms with van der Waals surface area (Å²) >= 11 is 0. The molecular formula is C15H37NO3Si2. The lowest BCUT2D eigenvalue weighted by Crippen LogP contribution is -2.35. The Balaban J connectivity index is 3.34. The van der Waals surface area contributed by atoms with Crippen molar-refractivity contribution in [3.05, 3.63) is 0 Å². The smallest absolute Gasteiger partial charge is 0.334 e. The van der Waals surface area contributed by atoms with Gasteiger partial charge in [-0.3, -0.25) is 0 Å². The van der Waals surface area contributed by atoms with Crippen LogP contribution in [-0.2, 0) is 13.3 Å². The Hall–Kier alpha value is 0.274. The summed E-state index contributed by atoms with van der Waals surface area (Å²) in [5.74, 6) is 0. The lowest BCUT2D eigenvalue weighted by molar-refractivity contribution is 0.248. The van der Waals surface area contributed by atoms with Crippen molar-refractivity contribution < 1.29 is 13.3 Å². The minimum absolute atomic E-state index is 1.10. The van der Waals surface area contributed by atoms with E-state index in [0.717, 1.165) is 19.1 Å². The standard InChI is InChI=1S/C15H37NO3Si2/c1-17-20(4,5)14-11-13-16-12-9-7-8-10-15-21(6,18-2)19-3/h16H,7-15H2,1-6H3. The van der Waals surface area contributed by atoms with E-state index in [0.29, 0.717) is 0 Å². The second kappa shape index (κ2) is 11.8. The summed E-state index contributed by atoms with van der Waals surface area (Å²) in [4.78, 5) is 0. The zero-order valence-electron chi connectivity index (χ0n) is 15.1. The van der Waals surface area contributed by atoms with Gasteiger partial charge >= 0.3 is 8.56 Å². The van der Waals surface area contributed by atoms with E-state index in [4.69, 9.17) is 13.3 Å². The molecule has 4 nitrogen and oxygen atoms in total. The molecular weight excluding hydrogens is 298 g/mol. The van der Waals surface area contributed by atoms with Crippen LogP contribution in [0, 0.1) is 0 Å². The fourth-order valence-electron chi connectivity index (χ4n) is 2.20. The summed E-state index contributed by atoms with van der Waals surface area (Å²) in [5, 5.41) is 3.54. The molecule has 0 saturated carbocycles. The summed E-state index contributed by atoms with van der Waals surface area (Å²) in [6.07, 6.45) is 6.30. The van der Waals surface area contributed by atoms with Crippen molar-refractivity contribution in [3.8, 4) is 0 Å². The third kappa shape index (κ3) is 11.5. The van der Waals surface area contributed by atoms with E-state index in [9.17, 15) is 0 Å². The number of unbranched alkanes of at least 4 members (excludes halogenated alkanes) is 3. The predicted molar refractivity (Wildman–Crippen MR) is 95.7 cm³/mol. The van der Waals surface area contributed by atoms with Crippen molar-refractivity contribution >= 4 is 16.9 Å². The molecule has 0 aliphatic carbocycles. The molecule has 21 heavy (non-hydrogen) atoms. The minimum atomic E-state index is -1.83. The van der Waals surface area contributed by atoms with Crippen molar-refractivity contribution in [2.45, 2.75) is 63.8 Å². The highest BCUT2D eigenvalue weighted by Gasteiger charge is 2.27. The second-order valence-electron chi connectivity index (χ2n) is 6.52. The molecule has 0 amide bonds. The molecule has 0 radical (unpaired) electrons. The molecule has 0 aliphatic rings. The van der Waals surface area contributed by atoms with Gasteiger partial charge in [0.05, 0.1) is 0 Å². The largest absolute Gasteiger partial charge is 0.420 e. The SMILES string of the molecule is CO[Si](C)(C)CCCNCCCCCC[Si](C)(OC)OC. The molecule has 0 spiro atoms. The van der Waals surface area contributed by atoms with E-state index in [1.54, 1.807) is 14.2 Å². The first-order chi connectivity index (χ1) is 9.89. The van der Waals surface area contributed by atoms with Crippen molar-refractivity contribution in [1.29, 1.82) is 0 Å². The minimum Gasteiger partial charge on any atom is -0.420 e. The third-order valence-electron chi connectivity index (χ3n) is 4.28. The summed E-state index contributed by atoms with van der Waals surface area (Å²) in [5.41, 5.74) is 0. The lowest BCUT2D eigenvalue weighted by Gasteiger charge is -2.22. The van der Waals surface area contributed by atoms with Gasteiger partial charge in [-0.15, -0.1) is 0 Å². The summed E-state index contributed by atoms with van der Waals surface area (Å²) in [6, 6.07) is 2.35. The molecule has 0 aromatic heterocycles. The Kier molecular flexibility index (Phi) is 11.9. The van der Waals surface area contributed by atoms with Crippen LogP contribution in [0.15, 0.2) is 0 Å². The molecule has 0 rings (SSSR count). The van der Waals surface area contributed by atoms with Crippen LogP contribution in [0.1, 0.15) is 32.1 Å². The highest BCUT2D eigenvalue weighted by molar-refractivity contribution is 6.71. The van der Waals surface area contributed by atoms with Crippen LogP contribution in [0.2, 0.25) is 31.7 Å². The third-order valence-corrected chi connectivity index (χ3v) is 9.93. The zero-order valence-corrected chi connectivity index (χ0v) is 17.1. The molecule has 6 heteroatoms. The molecule has 1 N–H and O–H groups in total. The van der Waals surface area contributed by atoms with Gasteiger partial charge in [0, 0.05) is 21.3 Å². The van der Waals surface area contributed by atoms with Crippen LogP contribution < -0.4 is 5.32 Å². The van der Waals surface area contributed by atoms with Gasteiger partial charge in [0.25, 0.3) is 0 Å². The Morgan fingerprint density at radius 2 is 1.24 bits per heavy atom. The average molecular weight is 336 g/mol. The monoisotopic (exact) mass is 335 g/mol. The molecule has 0 saturated heterocycles. The van der Waals surface area contributed by atoms with Crippen molar-refractivity contribution in [3.63, 3.8) is 0 Å². The van der Waals surface area contributed by atoms with Crippen LogP contribution in [0.3, 0.4) is 0 Å². The van der Waals surface area contributed by atoms with Crippen LogP contribution in [0.5, 0.6) is 0 Å². The fraction of sp³-hybridized carbons (Fsp3) is 1.00. The number of rotatable bonds is 14. The van der Waals surface area contributed by atoms with Crippen molar-refractivity contribution in [1.82, 2.24) is 5.32 Å². The Labute approximate surface area is 134 Å². The van der Waals surface area contributed by atoms with Gasteiger partial charge in [0.2, 0.25) is 0 Å². The van der Waals surface area contributed by atoms with Gasteiger partial charge in [0.15, 0.2) is 8.32 Å². The summed E-state index contributed by atoms with van der Waals surface area (Å²) in [6.45, 7) is 8.96. The van der Waals surface area contributed by atoms with Crippen molar-refractivity contribution in [2.75, 3.05) is 34.4 Å². The molecule has 0 heterocycles. The zero-order chi connectivity index (χ0) is 16.2. The molecule has 0 aromatic carbocycles. The molecule has 0 bridgehead atoms. The number of hydrogen-bond donors (Lipinski definition) is 1. The fourth-order valence-corrected chi connectivity index (χ4v) is 4.90. The van der Waals surface area contributed by atoms with Crippen LogP contribution in [0.4, 0.5) is 0 Å². The Morgan fingerprint density at radius 3 is 1.81 bits per heavy atom. The lowest BCUT2D eigenvalue weighted by atomic mass is 10.2. The van der Waals surface area contributed by atoms with Gasteiger partial charge < -0.3 is 18.6 Å².